The smallest absolute Gasteiger partial charge is 0.253 e. The molecule has 9 nitrogen and oxygen atoms in total. The Morgan fingerprint density at radius 1 is 1.31 bits per heavy atom. The van der Waals surface area contributed by atoms with Crippen LogP contribution in [0.1, 0.15) is 29.0 Å². The predicted molar refractivity (Wildman–Crippen MR) is 92.7 cm³/mol. The minimum atomic E-state index is -3.83. The third kappa shape index (κ3) is 4.45. The van der Waals surface area contributed by atoms with Crippen molar-refractivity contribution in [3.63, 3.8) is 0 Å². The van der Waals surface area contributed by atoms with E-state index in [9.17, 15) is 13.2 Å². The van der Waals surface area contributed by atoms with E-state index in [0.29, 0.717) is 11.4 Å². The SMILES string of the molecule is CCN(Cc1nc(COC)no1)S(=O)(=O)c1cccc(C(=O)N(C)C)c1. The highest BCUT2D eigenvalue weighted by Gasteiger charge is 2.26. The van der Waals surface area contributed by atoms with Gasteiger partial charge >= 0.3 is 0 Å². The summed E-state index contributed by atoms with van der Waals surface area (Å²) < 4.78 is 37.0. The molecule has 2 aromatic rings. The molecule has 142 valence electrons. The number of amides is 1. The zero-order valence-electron chi connectivity index (χ0n) is 15.2. The number of sulfonamides is 1. The number of nitrogens with zero attached hydrogens (tertiary/aromatic N) is 4. The van der Waals surface area contributed by atoms with E-state index in [1.54, 1.807) is 33.2 Å². The Balaban J connectivity index is 2.28. The molecular formula is C16H22N4O5S. The lowest BCUT2D eigenvalue weighted by atomic mass is 10.2. The molecule has 26 heavy (non-hydrogen) atoms. The van der Waals surface area contributed by atoms with Gasteiger partial charge in [-0.3, -0.25) is 4.79 Å². The minimum Gasteiger partial charge on any atom is -0.377 e. The van der Waals surface area contributed by atoms with Crippen LogP contribution in [0.15, 0.2) is 33.7 Å². The molecule has 0 saturated carbocycles. The van der Waals surface area contributed by atoms with E-state index >= 15 is 0 Å². The Labute approximate surface area is 152 Å². The Morgan fingerprint density at radius 2 is 2.04 bits per heavy atom. The van der Waals surface area contributed by atoms with E-state index in [0.717, 1.165) is 0 Å². The molecule has 10 heteroatoms. The van der Waals surface area contributed by atoms with Crippen molar-refractivity contribution in [2.45, 2.75) is 25.0 Å². The van der Waals surface area contributed by atoms with Crippen molar-refractivity contribution < 1.29 is 22.5 Å². The van der Waals surface area contributed by atoms with Gasteiger partial charge in [0.2, 0.25) is 15.9 Å². The molecule has 0 aliphatic rings. The number of hydrogen-bond donors (Lipinski definition) is 0. The average molecular weight is 382 g/mol. The second kappa shape index (κ2) is 8.39. The Morgan fingerprint density at radius 3 is 2.65 bits per heavy atom. The molecule has 0 bridgehead atoms. The first kappa shape index (κ1) is 20.0. The lowest BCUT2D eigenvalue weighted by molar-refractivity contribution is 0.0827. The predicted octanol–water partition coefficient (Wildman–Crippen LogP) is 1.13. The van der Waals surface area contributed by atoms with E-state index in [4.69, 9.17) is 9.26 Å². The summed E-state index contributed by atoms with van der Waals surface area (Å²) in [6.07, 6.45) is 0. The summed E-state index contributed by atoms with van der Waals surface area (Å²) in [5, 5.41) is 3.72. The van der Waals surface area contributed by atoms with Crippen molar-refractivity contribution in [3.05, 3.63) is 41.5 Å². The van der Waals surface area contributed by atoms with Gasteiger partial charge in [-0.15, -0.1) is 0 Å². The highest BCUT2D eigenvalue weighted by atomic mass is 32.2. The molecule has 0 aliphatic carbocycles. The molecule has 0 unspecified atom stereocenters. The van der Waals surface area contributed by atoms with Crippen molar-refractivity contribution in [2.24, 2.45) is 0 Å². The van der Waals surface area contributed by atoms with Gasteiger partial charge in [-0.05, 0) is 18.2 Å². The third-order valence-electron chi connectivity index (χ3n) is 3.57. The van der Waals surface area contributed by atoms with Crippen LogP contribution in [0.3, 0.4) is 0 Å². The van der Waals surface area contributed by atoms with Crippen LogP contribution in [0.5, 0.6) is 0 Å². The van der Waals surface area contributed by atoms with Gasteiger partial charge in [-0.1, -0.05) is 18.1 Å². The zero-order valence-corrected chi connectivity index (χ0v) is 16.0. The molecule has 1 amide bonds. The van der Waals surface area contributed by atoms with Crippen LogP contribution >= 0.6 is 0 Å². The summed E-state index contributed by atoms with van der Waals surface area (Å²) in [4.78, 5) is 17.6. The summed E-state index contributed by atoms with van der Waals surface area (Å²) >= 11 is 0. The number of aromatic nitrogens is 2. The molecule has 0 atom stereocenters. The number of hydrogen-bond acceptors (Lipinski definition) is 7. The quantitative estimate of drug-likeness (QED) is 0.674. The number of rotatable bonds is 8. The Kier molecular flexibility index (Phi) is 6.46. The van der Waals surface area contributed by atoms with E-state index in [2.05, 4.69) is 10.1 Å². The average Bonchev–Trinajstić information content (AvgIpc) is 3.06. The highest BCUT2D eigenvalue weighted by molar-refractivity contribution is 7.89. The van der Waals surface area contributed by atoms with Crippen LogP contribution in [0, 0.1) is 0 Å². The molecule has 0 N–H and O–H groups in total. The van der Waals surface area contributed by atoms with Crippen molar-refractivity contribution in [2.75, 3.05) is 27.7 Å². The second-order valence-corrected chi connectivity index (χ2v) is 7.63. The van der Waals surface area contributed by atoms with Crippen LogP contribution in [0.4, 0.5) is 0 Å². The van der Waals surface area contributed by atoms with Gasteiger partial charge in [0.05, 0.1) is 11.4 Å². The lowest BCUT2D eigenvalue weighted by Gasteiger charge is -2.19. The summed E-state index contributed by atoms with van der Waals surface area (Å²) in [5.41, 5.74) is 0.298. The molecule has 2 rings (SSSR count). The molecule has 0 spiro atoms. The maximum atomic E-state index is 12.9. The van der Waals surface area contributed by atoms with E-state index in [1.807, 2.05) is 0 Å². The largest absolute Gasteiger partial charge is 0.377 e. The third-order valence-corrected chi connectivity index (χ3v) is 5.49. The highest BCUT2D eigenvalue weighted by Crippen LogP contribution is 2.19. The first-order chi connectivity index (χ1) is 12.3. The topological polar surface area (TPSA) is 106 Å². The number of carbonyl (C=O) groups excluding carboxylic acids is 1. The molecule has 0 aliphatic heterocycles. The number of ether oxygens (including phenoxy) is 1. The lowest BCUT2D eigenvalue weighted by Crippen LogP contribution is -2.31. The standard InChI is InChI=1S/C16H22N4O5S/c1-5-20(10-15-17-14(11-24-4)18-25-15)26(22,23)13-8-6-7-12(9-13)16(21)19(2)3/h6-9H,5,10-11H2,1-4H3. The number of carbonyl (C=O) groups is 1. The van der Waals surface area contributed by atoms with Crippen molar-refractivity contribution in [1.29, 1.82) is 0 Å². The maximum absolute atomic E-state index is 12.9. The van der Waals surface area contributed by atoms with E-state index < -0.39 is 10.0 Å². The number of benzene rings is 1. The van der Waals surface area contributed by atoms with Crippen molar-refractivity contribution in [3.8, 4) is 0 Å². The fourth-order valence-electron chi connectivity index (χ4n) is 2.26. The first-order valence-electron chi connectivity index (χ1n) is 7.91. The molecular weight excluding hydrogens is 360 g/mol. The second-order valence-electron chi connectivity index (χ2n) is 5.70. The monoisotopic (exact) mass is 382 g/mol. The molecule has 0 saturated heterocycles. The van der Waals surface area contributed by atoms with E-state index in [-0.39, 0.29) is 36.4 Å². The van der Waals surface area contributed by atoms with Crippen molar-refractivity contribution >= 4 is 15.9 Å². The van der Waals surface area contributed by atoms with Crippen molar-refractivity contribution in [1.82, 2.24) is 19.3 Å². The van der Waals surface area contributed by atoms with Crippen LogP contribution in [-0.4, -0.2) is 61.4 Å². The van der Waals surface area contributed by atoms with Gasteiger partial charge < -0.3 is 14.2 Å². The van der Waals surface area contributed by atoms with Crippen LogP contribution < -0.4 is 0 Å². The molecule has 1 aromatic carbocycles. The van der Waals surface area contributed by atoms with E-state index in [1.165, 1.54) is 28.4 Å². The fourth-order valence-corrected chi connectivity index (χ4v) is 3.70. The van der Waals surface area contributed by atoms with Crippen LogP contribution in [0.25, 0.3) is 0 Å². The first-order valence-corrected chi connectivity index (χ1v) is 9.35. The summed E-state index contributed by atoms with van der Waals surface area (Å²) in [6.45, 7) is 2.02. The maximum Gasteiger partial charge on any atom is 0.253 e. The van der Waals surface area contributed by atoms with Gasteiger partial charge in [-0.25, -0.2) is 8.42 Å². The molecule has 0 radical (unpaired) electrons. The van der Waals surface area contributed by atoms with Gasteiger partial charge in [0, 0.05) is 33.3 Å². The summed E-state index contributed by atoms with van der Waals surface area (Å²) in [7, 11) is 0.883. The molecule has 1 aromatic heterocycles. The molecule has 1 heterocycles. The van der Waals surface area contributed by atoms with Crippen LogP contribution in [0.2, 0.25) is 0 Å². The number of methoxy groups -OCH3 is 1. The zero-order chi connectivity index (χ0) is 19.3. The Bertz CT molecular complexity index is 863. The van der Waals surface area contributed by atoms with Gasteiger partial charge in [-0.2, -0.15) is 9.29 Å². The van der Waals surface area contributed by atoms with Gasteiger partial charge in [0.25, 0.3) is 5.91 Å². The fraction of sp³-hybridized carbons (Fsp3) is 0.438. The van der Waals surface area contributed by atoms with Crippen LogP contribution in [-0.2, 0) is 27.9 Å². The minimum absolute atomic E-state index is 0.0312. The normalized spacial score (nSPS) is 11.7. The summed E-state index contributed by atoms with van der Waals surface area (Å²) in [6, 6.07) is 5.94. The van der Waals surface area contributed by atoms with Gasteiger partial charge in [0.15, 0.2) is 5.82 Å². The Hall–Kier alpha value is -2.30. The summed E-state index contributed by atoms with van der Waals surface area (Å²) in [5.74, 6) is 0.240. The molecule has 0 fully saturated rings. The van der Waals surface area contributed by atoms with Gasteiger partial charge in [0.1, 0.15) is 6.61 Å².